The van der Waals surface area contributed by atoms with Crippen LogP contribution in [0.2, 0.25) is 0 Å². The lowest BCUT2D eigenvalue weighted by Gasteiger charge is -2.27. The number of amides is 2. The Bertz CT molecular complexity index is 429. The molecular weight excluding hydrogens is 344 g/mol. The highest BCUT2D eigenvalue weighted by molar-refractivity contribution is 8.13. The molecule has 0 fully saturated rings. The minimum absolute atomic E-state index is 0.0904. The first-order valence-electron chi connectivity index (χ1n) is 8.73. The molecule has 0 saturated carbocycles. The van der Waals surface area contributed by atoms with Crippen LogP contribution in [0.5, 0.6) is 0 Å². The number of carbonyl (C=O) groups excluding carboxylic acids is 3. The maximum absolute atomic E-state index is 11.7. The molecule has 25 heavy (non-hydrogen) atoms. The number of hydrogen-bond donors (Lipinski definition) is 4. The fourth-order valence-corrected chi connectivity index (χ4v) is 2.59. The summed E-state index contributed by atoms with van der Waals surface area (Å²) in [6, 6.07) is 0. The van der Waals surface area contributed by atoms with Gasteiger partial charge in [-0.2, -0.15) is 0 Å². The van der Waals surface area contributed by atoms with Crippen LogP contribution in [0.25, 0.3) is 0 Å². The summed E-state index contributed by atoms with van der Waals surface area (Å²) in [5, 5.41) is 24.2. The van der Waals surface area contributed by atoms with Crippen LogP contribution in [0.4, 0.5) is 0 Å². The predicted octanol–water partition coefficient (Wildman–Crippen LogP) is 0.828. The zero-order chi connectivity index (χ0) is 19.3. The lowest BCUT2D eigenvalue weighted by Crippen LogP contribution is -2.46. The van der Waals surface area contributed by atoms with Crippen molar-refractivity contribution in [2.75, 3.05) is 25.4 Å². The van der Waals surface area contributed by atoms with Crippen molar-refractivity contribution in [3.63, 3.8) is 0 Å². The molecule has 0 aliphatic carbocycles. The third-order valence-corrected chi connectivity index (χ3v) is 4.65. The minimum atomic E-state index is -1.34. The number of aliphatic hydroxyl groups is 2. The third kappa shape index (κ3) is 11.2. The van der Waals surface area contributed by atoms with E-state index in [2.05, 4.69) is 17.6 Å². The Morgan fingerprint density at radius 3 is 2.36 bits per heavy atom. The summed E-state index contributed by atoms with van der Waals surface area (Å²) >= 11 is 1.23. The molecule has 0 rings (SSSR count). The summed E-state index contributed by atoms with van der Waals surface area (Å²) in [6.45, 7) is 5.42. The molecule has 0 bridgehead atoms. The highest BCUT2D eigenvalue weighted by atomic mass is 32.2. The van der Waals surface area contributed by atoms with E-state index in [0.717, 1.165) is 19.3 Å². The molecular formula is C17H32N2O5S. The fraction of sp³-hybridized carbons (Fsp3) is 0.824. The normalized spacial score (nSPS) is 12.5. The molecule has 8 heteroatoms. The Morgan fingerprint density at radius 2 is 1.76 bits per heavy atom. The lowest BCUT2D eigenvalue weighted by molar-refractivity contribution is -0.137. The quantitative estimate of drug-likeness (QED) is 0.354. The molecule has 0 radical (unpaired) electrons. The molecule has 0 aromatic rings. The van der Waals surface area contributed by atoms with Crippen LogP contribution in [0.1, 0.15) is 52.9 Å². The second kappa shape index (κ2) is 13.1. The number of hydrogen-bond acceptors (Lipinski definition) is 6. The smallest absolute Gasteiger partial charge is 0.249 e. The Morgan fingerprint density at radius 1 is 1.08 bits per heavy atom. The molecule has 146 valence electrons. The molecule has 0 aromatic carbocycles. The summed E-state index contributed by atoms with van der Waals surface area (Å²) < 4.78 is 0. The number of thioether (sulfide) groups is 1. The first-order chi connectivity index (χ1) is 11.7. The summed E-state index contributed by atoms with van der Waals surface area (Å²) in [5.74, 6) is -0.303. The van der Waals surface area contributed by atoms with Gasteiger partial charge in [-0.15, -0.1) is 0 Å². The summed E-state index contributed by atoms with van der Waals surface area (Å²) in [4.78, 5) is 34.9. The van der Waals surface area contributed by atoms with Crippen molar-refractivity contribution in [2.45, 2.75) is 59.0 Å². The van der Waals surface area contributed by atoms with Gasteiger partial charge < -0.3 is 20.8 Å². The van der Waals surface area contributed by atoms with Crippen LogP contribution in [0.15, 0.2) is 0 Å². The molecule has 1 atom stereocenters. The first-order valence-corrected chi connectivity index (χ1v) is 9.72. The minimum Gasteiger partial charge on any atom is -0.396 e. The van der Waals surface area contributed by atoms with Gasteiger partial charge in [0.25, 0.3) is 0 Å². The second-order valence-electron chi connectivity index (χ2n) is 6.62. The van der Waals surface area contributed by atoms with E-state index < -0.39 is 17.4 Å². The molecule has 0 aliphatic rings. The number of unbranched alkanes of at least 4 members (excludes halogenated alkanes) is 2. The van der Waals surface area contributed by atoms with Crippen molar-refractivity contribution in [2.24, 2.45) is 5.41 Å². The largest absolute Gasteiger partial charge is 0.396 e. The van der Waals surface area contributed by atoms with Gasteiger partial charge in [0.2, 0.25) is 11.8 Å². The Labute approximate surface area is 154 Å². The van der Waals surface area contributed by atoms with Crippen molar-refractivity contribution >= 4 is 28.7 Å². The molecule has 0 aliphatic heterocycles. The van der Waals surface area contributed by atoms with E-state index in [0.29, 0.717) is 18.7 Å². The average molecular weight is 377 g/mol. The van der Waals surface area contributed by atoms with Crippen LogP contribution in [0.3, 0.4) is 0 Å². The fourth-order valence-electron chi connectivity index (χ4n) is 1.87. The van der Waals surface area contributed by atoms with Gasteiger partial charge in [-0.1, -0.05) is 45.4 Å². The van der Waals surface area contributed by atoms with Gasteiger partial charge in [-0.25, -0.2) is 0 Å². The molecule has 0 aromatic heterocycles. The zero-order valence-corrected chi connectivity index (χ0v) is 16.3. The van der Waals surface area contributed by atoms with Crippen molar-refractivity contribution in [1.29, 1.82) is 0 Å². The second-order valence-corrected chi connectivity index (χ2v) is 7.77. The number of nitrogens with one attached hydrogen (secondary N) is 2. The van der Waals surface area contributed by atoms with E-state index in [4.69, 9.17) is 5.11 Å². The van der Waals surface area contributed by atoms with Crippen LogP contribution in [-0.4, -0.2) is 58.7 Å². The standard InChI is InChI=1S/C17H32N2O5S/c1-4-5-6-7-14(22)25-11-10-18-13(21)8-9-19-16(24)15(23)17(2,3)12-20/h15,20,23H,4-12H2,1-3H3,(H,18,21)(H,19,24)/t15-/m0/s1. The van der Waals surface area contributed by atoms with Crippen LogP contribution >= 0.6 is 11.8 Å². The van der Waals surface area contributed by atoms with Gasteiger partial charge >= 0.3 is 0 Å². The number of rotatable bonds is 13. The molecule has 2 amide bonds. The Hall–Kier alpha value is -1.12. The van der Waals surface area contributed by atoms with E-state index >= 15 is 0 Å². The van der Waals surface area contributed by atoms with Crippen LogP contribution < -0.4 is 10.6 Å². The summed E-state index contributed by atoms with van der Waals surface area (Å²) in [6.07, 6.45) is 2.37. The van der Waals surface area contributed by atoms with Gasteiger partial charge in [0.15, 0.2) is 5.12 Å². The van der Waals surface area contributed by atoms with Crippen LogP contribution in [0, 0.1) is 5.41 Å². The van der Waals surface area contributed by atoms with E-state index in [9.17, 15) is 19.5 Å². The molecule has 4 N–H and O–H groups in total. The lowest BCUT2D eigenvalue weighted by atomic mass is 9.87. The van der Waals surface area contributed by atoms with E-state index in [1.54, 1.807) is 13.8 Å². The van der Waals surface area contributed by atoms with Crippen molar-refractivity contribution in [3.05, 3.63) is 0 Å². The number of aliphatic hydroxyl groups excluding tert-OH is 2. The third-order valence-electron chi connectivity index (χ3n) is 3.72. The van der Waals surface area contributed by atoms with Crippen molar-refractivity contribution in [1.82, 2.24) is 10.6 Å². The summed E-state index contributed by atoms with van der Waals surface area (Å²) in [5.41, 5.74) is -0.937. The maximum Gasteiger partial charge on any atom is 0.249 e. The van der Waals surface area contributed by atoms with E-state index in [-0.39, 0.29) is 30.6 Å². The molecule has 0 unspecified atom stereocenters. The van der Waals surface area contributed by atoms with E-state index in [1.165, 1.54) is 11.8 Å². The Kier molecular flexibility index (Phi) is 12.5. The molecule has 0 heterocycles. The van der Waals surface area contributed by atoms with Gasteiger partial charge in [-0.3, -0.25) is 14.4 Å². The monoisotopic (exact) mass is 376 g/mol. The predicted molar refractivity (Wildman–Crippen MR) is 99.1 cm³/mol. The Balaban J connectivity index is 3.78. The topological polar surface area (TPSA) is 116 Å². The highest BCUT2D eigenvalue weighted by Gasteiger charge is 2.32. The van der Waals surface area contributed by atoms with Crippen molar-refractivity contribution < 1.29 is 24.6 Å². The van der Waals surface area contributed by atoms with Gasteiger partial charge in [0.05, 0.1) is 6.61 Å². The van der Waals surface area contributed by atoms with Crippen molar-refractivity contribution in [3.8, 4) is 0 Å². The molecule has 0 spiro atoms. The van der Waals surface area contributed by atoms with E-state index in [1.807, 2.05) is 0 Å². The highest BCUT2D eigenvalue weighted by Crippen LogP contribution is 2.19. The molecule has 0 saturated heterocycles. The van der Waals surface area contributed by atoms with Gasteiger partial charge in [-0.05, 0) is 6.42 Å². The zero-order valence-electron chi connectivity index (χ0n) is 15.5. The first kappa shape index (κ1) is 23.9. The van der Waals surface area contributed by atoms with Gasteiger partial charge in [0, 0.05) is 37.1 Å². The SMILES string of the molecule is CCCCCC(=O)SCCNC(=O)CCNC(=O)[C@H](O)C(C)(C)CO. The molecule has 7 nitrogen and oxygen atoms in total. The maximum atomic E-state index is 11.7. The van der Waals surface area contributed by atoms with Gasteiger partial charge in [0.1, 0.15) is 6.10 Å². The average Bonchev–Trinajstić information content (AvgIpc) is 2.58. The van der Waals surface area contributed by atoms with Crippen LogP contribution in [-0.2, 0) is 14.4 Å². The summed E-state index contributed by atoms with van der Waals surface area (Å²) in [7, 11) is 0. The number of carbonyl (C=O) groups is 3.